The van der Waals surface area contributed by atoms with E-state index in [9.17, 15) is 4.79 Å². The number of carboxylic acid groups (broad SMARTS) is 1. The van der Waals surface area contributed by atoms with Crippen LogP contribution in [0.1, 0.15) is 15.9 Å². The van der Waals surface area contributed by atoms with Gasteiger partial charge in [-0.15, -0.1) is 5.10 Å². The molecule has 0 fully saturated rings. The highest BCUT2D eigenvalue weighted by Gasteiger charge is 2.13. The second-order valence-electron chi connectivity index (χ2n) is 4.31. The fourth-order valence-electron chi connectivity index (χ4n) is 2.18. The molecule has 0 saturated heterocycles. The van der Waals surface area contributed by atoms with Crippen LogP contribution >= 0.6 is 0 Å². The molecule has 3 heterocycles. The fourth-order valence-corrected chi connectivity index (χ4v) is 2.18. The number of carbonyl (C=O) groups is 1. The molecule has 5 heteroatoms. The molecule has 0 aliphatic carbocycles. The first-order valence-corrected chi connectivity index (χ1v) is 5.80. The number of aromatic carboxylic acids is 1. The van der Waals surface area contributed by atoms with Crippen molar-refractivity contribution in [1.82, 2.24) is 14.6 Å². The zero-order valence-corrected chi connectivity index (χ0v) is 10.2. The highest BCUT2D eigenvalue weighted by Crippen LogP contribution is 2.25. The van der Waals surface area contributed by atoms with Crippen molar-refractivity contribution in [3.05, 3.63) is 53.9 Å². The van der Waals surface area contributed by atoms with Gasteiger partial charge < -0.3 is 9.51 Å². The van der Waals surface area contributed by atoms with E-state index in [0.29, 0.717) is 5.69 Å². The van der Waals surface area contributed by atoms with E-state index in [2.05, 4.69) is 10.2 Å². The predicted octanol–water partition coefficient (Wildman–Crippen LogP) is 2.40. The quantitative estimate of drug-likeness (QED) is 0.761. The molecule has 0 aromatic carbocycles. The lowest BCUT2D eigenvalue weighted by Gasteiger charge is -2.04. The van der Waals surface area contributed by atoms with E-state index in [1.54, 1.807) is 0 Å². The first-order chi connectivity index (χ1) is 9.16. The molecule has 3 aromatic heterocycles. The standard InChI is InChI=1S/C14H11N3O2/c1-9-6-11-4-2-3-5-17(11)13(9)12-7-10(14(18)19)8-15-16-12/h2-8H,1H3,(H,18,19). The lowest BCUT2D eigenvalue weighted by molar-refractivity contribution is 0.0696. The second kappa shape index (κ2) is 4.20. The molecular weight excluding hydrogens is 242 g/mol. The molecule has 0 radical (unpaired) electrons. The Hall–Kier alpha value is -2.69. The van der Waals surface area contributed by atoms with Crippen molar-refractivity contribution in [2.75, 3.05) is 0 Å². The van der Waals surface area contributed by atoms with Gasteiger partial charge >= 0.3 is 5.97 Å². The summed E-state index contributed by atoms with van der Waals surface area (Å²) in [5, 5.41) is 16.8. The summed E-state index contributed by atoms with van der Waals surface area (Å²) in [5.74, 6) is -1.00. The predicted molar refractivity (Wildman–Crippen MR) is 70.1 cm³/mol. The Morgan fingerprint density at radius 2 is 2.16 bits per heavy atom. The first-order valence-electron chi connectivity index (χ1n) is 5.80. The average Bonchev–Trinajstić information content (AvgIpc) is 2.74. The number of hydrogen-bond donors (Lipinski definition) is 1. The number of fused-ring (bicyclic) bond motifs is 1. The van der Waals surface area contributed by atoms with Crippen molar-refractivity contribution in [1.29, 1.82) is 0 Å². The van der Waals surface area contributed by atoms with Crippen LogP contribution in [0.25, 0.3) is 16.9 Å². The molecule has 19 heavy (non-hydrogen) atoms. The Morgan fingerprint density at radius 3 is 2.95 bits per heavy atom. The molecule has 94 valence electrons. The van der Waals surface area contributed by atoms with Gasteiger partial charge in [-0.1, -0.05) is 6.07 Å². The summed E-state index contributed by atoms with van der Waals surface area (Å²) in [6.45, 7) is 1.97. The van der Waals surface area contributed by atoms with Crippen LogP contribution in [0.2, 0.25) is 0 Å². The number of carboxylic acids is 1. The molecule has 1 N–H and O–H groups in total. The molecule has 0 atom stereocenters. The lowest BCUT2D eigenvalue weighted by Crippen LogP contribution is -2.01. The third-order valence-corrected chi connectivity index (χ3v) is 3.01. The number of aromatic nitrogens is 3. The van der Waals surface area contributed by atoms with Crippen molar-refractivity contribution in [2.24, 2.45) is 0 Å². The molecule has 0 saturated carbocycles. The number of nitrogens with zero attached hydrogens (tertiary/aromatic N) is 3. The Labute approximate surface area is 109 Å². The minimum absolute atomic E-state index is 0.135. The summed E-state index contributed by atoms with van der Waals surface area (Å²) in [6, 6.07) is 9.44. The minimum atomic E-state index is -1.00. The zero-order valence-electron chi connectivity index (χ0n) is 10.2. The van der Waals surface area contributed by atoms with Crippen LogP contribution in [-0.4, -0.2) is 25.7 Å². The van der Waals surface area contributed by atoms with Crippen molar-refractivity contribution in [3.63, 3.8) is 0 Å². The molecule has 0 unspecified atom stereocenters. The molecule has 0 spiro atoms. The smallest absolute Gasteiger partial charge is 0.337 e. The van der Waals surface area contributed by atoms with Crippen LogP contribution in [-0.2, 0) is 0 Å². The summed E-state index contributed by atoms with van der Waals surface area (Å²) >= 11 is 0. The maximum atomic E-state index is 11.0. The van der Waals surface area contributed by atoms with Gasteiger partial charge in [-0.3, -0.25) is 0 Å². The van der Waals surface area contributed by atoms with Crippen LogP contribution in [0.5, 0.6) is 0 Å². The van der Waals surface area contributed by atoms with Crippen LogP contribution in [0, 0.1) is 6.92 Å². The van der Waals surface area contributed by atoms with Gasteiger partial charge in [0.05, 0.1) is 17.5 Å². The number of pyridine rings is 1. The maximum absolute atomic E-state index is 11.0. The van der Waals surface area contributed by atoms with Gasteiger partial charge in [0.2, 0.25) is 0 Å². The second-order valence-corrected chi connectivity index (χ2v) is 4.31. The van der Waals surface area contributed by atoms with Gasteiger partial charge in [0.25, 0.3) is 0 Å². The Balaban J connectivity index is 2.27. The van der Waals surface area contributed by atoms with Crippen LogP contribution in [0.15, 0.2) is 42.7 Å². The monoisotopic (exact) mass is 253 g/mol. The molecular formula is C14H11N3O2. The number of rotatable bonds is 2. The van der Waals surface area contributed by atoms with E-state index in [4.69, 9.17) is 5.11 Å². The van der Waals surface area contributed by atoms with Gasteiger partial charge in [-0.25, -0.2) is 4.79 Å². The Bertz CT molecular complexity index is 777. The van der Waals surface area contributed by atoms with Crippen molar-refractivity contribution >= 4 is 11.5 Å². The van der Waals surface area contributed by atoms with Gasteiger partial charge in [0.15, 0.2) is 0 Å². The third-order valence-electron chi connectivity index (χ3n) is 3.01. The highest BCUT2D eigenvalue weighted by atomic mass is 16.4. The largest absolute Gasteiger partial charge is 0.478 e. The van der Waals surface area contributed by atoms with E-state index in [0.717, 1.165) is 16.8 Å². The summed E-state index contributed by atoms with van der Waals surface area (Å²) in [5.41, 5.74) is 3.63. The van der Waals surface area contributed by atoms with Crippen LogP contribution in [0.3, 0.4) is 0 Å². The number of aryl methyl sites for hydroxylation is 1. The van der Waals surface area contributed by atoms with E-state index < -0.39 is 5.97 Å². The summed E-state index contributed by atoms with van der Waals surface area (Å²) in [4.78, 5) is 11.0. The van der Waals surface area contributed by atoms with Gasteiger partial charge in [0, 0.05) is 11.7 Å². The third kappa shape index (κ3) is 1.85. The van der Waals surface area contributed by atoms with Gasteiger partial charge in [-0.2, -0.15) is 5.10 Å². The molecule has 3 aromatic rings. The number of hydrogen-bond acceptors (Lipinski definition) is 3. The van der Waals surface area contributed by atoms with E-state index in [-0.39, 0.29) is 5.56 Å². The van der Waals surface area contributed by atoms with Gasteiger partial charge in [0.1, 0.15) is 5.69 Å². The summed E-state index contributed by atoms with van der Waals surface area (Å²) in [7, 11) is 0. The Kier molecular flexibility index (Phi) is 2.52. The normalized spacial score (nSPS) is 10.8. The Morgan fingerprint density at radius 1 is 1.32 bits per heavy atom. The van der Waals surface area contributed by atoms with Gasteiger partial charge in [-0.05, 0) is 36.8 Å². The SMILES string of the molecule is Cc1cc2ccccn2c1-c1cc(C(=O)O)cnn1. The maximum Gasteiger partial charge on any atom is 0.337 e. The summed E-state index contributed by atoms with van der Waals surface area (Å²) < 4.78 is 1.98. The van der Waals surface area contributed by atoms with Crippen molar-refractivity contribution in [3.8, 4) is 11.4 Å². The molecule has 0 bridgehead atoms. The average molecular weight is 253 g/mol. The molecule has 0 aliphatic heterocycles. The zero-order chi connectivity index (χ0) is 13.4. The first kappa shape index (κ1) is 11.4. The van der Waals surface area contributed by atoms with Crippen molar-refractivity contribution < 1.29 is 9.90 Å². The van der Waals surface area contributed by atoms with E-state index in [1.165, 1.54) is 12.3 Å². The van der Waals surface area contributed by atoms with Crippen molar-refractivity contribution in [2.45, 2.75) is 6.92 Å². The van der Waals surface area contributed by atoms with Crippen LogP contribution < -0.4 is 0 Å². The lowest BCUT2D eigenvalue weighted by atomic mass is 10.1. The fraction of sp³-hybridized carbons (Fsp3) is 0.0714. The summed E-state index contributed by atoms with van der Waals surface area (Å²) in [6.07, 6.45) is 3.17. The minimum Gasteiger partial charge on any atom is -0.478 e. The topological polar surface area (TPSA) is 67.5 Å². The molecule has 0 amide bonds. The van der Waals surface area contributed by atoms with E-state index in [1.807, 2.05) is 41.8 Å². The molecule has 0 aliphatic rings. The van der Waals surface area contributed by atoms with E-state index >= 15 is 0 Å². The molecule has 5 nitrogen and oxygen atoms in total. The van der Waals surface area contributed by atoms with Crippen LogP contribution in [0.4, 0.5) is 0 Å². The molecule has 3 rings (SSSR count). The highest BCUT2D eigenvalue weighted by molar-refractivity contribution is 5.88.